The summed E-state index contributed by atoms with van der Waals surface area (Å²) in [6, 6.07) is 5.56. The van der Waals surface area contributed by atoms with E-state index in [9.17, 15) is 4.39 Å². The molecule has 0 amide bonds. The molecule has 2 rings (SSSR count). The number of benzene rings is 1. The van der Waals surface area contributed by atoms with Crippen LogP contribution in [0.4, 0.5) is 4.39 Å². The lowest BCUT2D eigenvalue weighted by Gasteiger charge is -2.39. The minimum Gasteiger partial charge on any atom is -0.291 e. The Balaban J connectivity index is 2.42. The van der Waals surface area contributed by atoms with Crippen molar-refractivity contribution < 1.29 is 4.39 Å². The largest absolute Gasteiger partial charge is 0.291 e. The van der Waals surface area contributed by atoms with Gasteiger partial charge in [-0.05, 0) is 63.3 Å². The summed E-state index contributed by atoms with van der Waals surface area (Å²) in [6.45, 7) is 12.3. The van der Waals surface area contributed by atoms with E-state index in [-0.39, 0.29) is 22.4 Å². The molecule has 1 aliphatic heterocycles. The van der Waals surface area contributed by atoms with Gasteiger partial charge in [-0.2, -0.15) is 0 Å². The maximum Gasteiger partial charge on any atom is 0.142 e. The summed E-state index contributed by atoms with van der Waals surface area (Å²) < 4.78 is 13.8. The summed E-state index contributed by atoms with van der Waals surface area (Å²) in [6.07, 6.45) is 1.17. The van der Waals surface area contributed by atoms with E-state index >= 15 is 0 Å². The smallest absolute Gasteiger partial charge is 0.142 e. The molecule has 0 aliphatic carbocycles. The quantitative estimate of drug-likeness (QED) is 0.716. The summed E-state index contributed by atoms with van der Waals surface area (Å²) in [5, 5.41) is 0.204. The molecular formula is C17H25ClFN. The zero-order valence-electron chi connectivity index (χ0n) is 13.1. The monoisotopic (exact) mass is 297 g/mol. The van der Waals surface area contributed by atoms with Crippen molar-refractivity contribution in [1.29, 1.82) is 0 Å². The summed E-state index contributed by atoms with van der Waals surface area (Å²) in [4.78, 5) is 2.50. The van der Waals surface area contributed by atoms with Gasteiger partial charge in [0.1, 0.15) is 5.82 Å². The van der Waals surface area contributed by atoms with E-state index in [2.05, 4.69) is 39.5 Å². The highest BCUT2D eigenvalue weighted by molar-refractivity contribution is 6.30. The molecule has 1 saturated heterocycles. The van der Waals surface area contributed by atoms with E-state index < -0.39 is 0 Å². The molecule has 0 spiro atoms. The normalized spacial score (nSPS) is 24.6. The number of likely N-dealkylation sites (tertiary alicyclic amines) is 1. The fourth-order valence-corrected chi connectivity index (χ4v) is 3.51. The molecule has 1 aromatic carbocycles. The van der Waals surface area contributed by atoms with Crippen molar-refractivity contribution >= 4 is 11.6 Å². The molecule has 0 saturated carbocycles. The Bertz CT molecular complexity index is 478. The van der Waals surface area contributed by atoms with Crippen LogP contribution in [-0.2, 0) is 0 Å². The number of nitrogens with zero attached hydrogens (tertiary/aromatic N) is 1. The van der Waals surface area contributed by atoms with Gasteiger partial charge in [0, 0.05) is 11.6 Å². The molecule has 112 valence electrons. The Labute approximate surface area is 127 Å². The third-order valence-corrected chi connectivity index (χ3v) is 4.75. The second-order valence-electron chi connectivity index (χ2n) is 7.18. The van der Waals surface area contributed by atoms with Gasteiger partial charge in [-0.25, -0.2) is 4.39 Å². The Morgan fingerprint density at radius 2 is 1.95 bits per heavy atom. The molecule has 0 bridgehead atoms. The SMILES string of the molecule is CC(C)C1CCN(C(C)(C)C)C1c1ccc(Cl)c(F)c1. The van der Waals surface area contributed by atoms with Crippen LogP contribution in [-0.4, -0.2) is 17.0 Å². The van der Waals surface area contributed by atoms with Crippen LogP contribution in [0.5, 0.6) is 0 Å². The maximum absolute atomic E-state index is 13.8. The third kappa shape index (κ3) is 3.01. The molecule has 0 N–H and O–H groups in total. The van der Waals surface area contributed by atoms with Gasteiger partial charge in [0.05, 0.1) is 5.02 Å². The Morgan fingerprint density at radius 3 is 2.45 bits per heavy atom. The second-order valence-corrected chi connectivity index (χ2v) is 7.59. The van der Waals surface area contributed by atoms with E-state index in [1.807, 2.05) is 6.07 Å². The zero-order chi connectivity index (χ0) is 15.1. The zero-order valence-corrected chi connectivity index (χ0v) is 13.8. The average molecular weight is 298 g/mol. The first-order valence-electron chi connectivity index (χ1n) is 7.43. The van der Waals surface area contributed by atoms with Crippen LogP contribution < -0.4 is 0 Å². The molecule has 0 aromatic heterocycles. The molecule has 1 aromatic rings. The van der Waals surface area contributed by atoms with Crippen LogP contribution in [0.3, 0.4) is 0 Å². The molecule has 0 radical (unpaired) electrons. The first kappa shape index (κ1) is 15.8. The molecule has 2 atom stereocenters. The minimum absolute atomic E-state index is 0.0877. The predicted molar refractivity (Wildman–Crippen MR) is 83.6 cm³/mol. The fraction of sp³-hybridized carbons (Fsp3) is 0.647. The van der Waals surface area contributed by atoms with Gasteiger partial charge in [0.25, 0.3) is 0 Å². The topological polar surface area (TPSA) is 3.24 Å². The van der Waals surface area contributed by atoms with Gasteiger partial charge in [0.2, 0.25) is 0 Å². The summed E-state index contributed by atoms with van der Waals surface area (Å²) in [5.74, 6) is 0.841. The number of halogens is 2. The van der Waals surface area contributed by atoms with E-state index in [4.69, 9.17) is 11.6 Å². The van der Waals surface area contributed by atoms with Gasteiger partial charge in [0.15, 0.2) is 0 Å². The highest BCUT2D eigenvalue weighted by Crippen LogP contribution is 2.45. The van der Waals surface area contributed by atoms with E-state index in [1.165, 1.54) is 6.42 Å². The van der Waals surface area contributed by atoms with E-state index in [0.717, 1.165) is 12.1 Å². The molecule has 1 fully saturated rings. The highest BCUT2D eigenvalue weighted by Gasteiger charge is 2.41. The lowest BCUT2D eigenvalue weighted by molar-refractivity contribution is 0.0979. The Hall–Kier alpha value is -0.600. The van der Waals surface area contributed by atoms with Crippen LogP contribution >= 0.6 is 11.6 Å². The standard InChI is InChI=1S/C17H25ClFN/c1-11(2)13-8-9-20(17(3,4)5)16(13)12-6-7-14(18)15(19)10-12/h6-7,10-11,13,16H,8-9H2,1-5H3. The van der Waals surface area contributed by atoms with Gasteiger partial charge >= 0.3 is 0 Å². The summed E-state index contributed by atoms with van der Waals surface area (Å²) >= 11 is 5.82. The van der Waals surface area contributed by atoms with Crippen LogP contribution in [0.1, 0.15) is 52.6 Å². The second kappa shape index (κ2) is 5.65. The molecule has 1 heterocycles. The molecular weight excluding hydrogens is 273 g/mol. The van der Waals surface area contributed by atoms with Crippen LogP contribution in [0, 0.1) is 17.7 Å². The molecule has 20 heavy (non-hydrogen) atoms. The van der Waals surface area contributed by atoms with Crippen molar-refractivity contribution in [3.8, 4) is 0 Å². The van der Waals surface area contributed by atoms with Gasteiger partial charge in [-0.15, -0.1) is 0 Å². The van der Waals surface area contributed by atoms with E-state index in [0.29, 0.717) is 11.8 Å². The fourth-order valence-electron chi connectivity index (χ4n) is 3.39. The summed E-state index contributed by atoms with van der Waals surface area (Å²) in [5.41, 5.74) is 1.14. The Morgan fingerprint density at radius 1 is 1.30 bits per heavy atom. The maximum atomic E-state index is 13.8. The first-order valence-corrected chi connectivity index (χ1v) is 7.81. The van der Waals surface area contributed by atoms with Crippen molar-refractivity contribution in [2.45, 2.75) is 52.6 Å². The van der Waals surface area contributed by atoms with Crippen molar-refractivity contribution in [2.24, 2.45) is 11.8 Å². The Kier molecular flexibility index (Phi) is 4.46. The van der Waals surface area contributed by atoms with Crippen molar-refractivity contribution in [1.82, 2.24) is 4.90 Å². The lowest BCUT2D eigenvalue weighted by atomic mass is 9.84. The van der Waals surface area contributed by atoms with Gasteiger partial charge < -0.3 is 0 Å². The molecule has 1 aliphatic rings. The van der Waals surface area contributed by atoms with Crippen LogP contribution in [0.15, 0.2) is 18.2 Å². The number of rotatable bonds is 2. The first-order chi connectivity index (χ1) is 9.21. The minimum atomic E-state index is -0.313. The van der Waals surface area contributed by atoms with Gasteiger partial charge in [-0.3, -0.25) is 4.90 Å². The number of hydrogen-bond donors (Lipinski definition) is 0. The highest BCUT2D eigenvalue weighted by atomic mass is 35.5. The molecule has 1 nitrogen and oxygen atoms in total. The van der Waals surface area contributed by atoms with Crippen LogP contribution in [0.25, 0.3) is 0 Å². The van der Waals surface area contributed by atoms with Crippen molar-refractivity contribution in [3.63, 3.8) is 0 Å². The van der Waals surface area contributed by atoms with Crippen molar-refractivity contribution in [3.05, 3.63) is 34.6 Å². The molecule has 2 unspecified atom stereocenters. The molecule has 3 heteroatoms. The summed E-state index contributed by atoms with van der Waals surface area (Å²) in [7, 11) is 0. The van der Waals surface area contributed by atoms with E-state index in [1.54, 1.807) is 12.1 Å². The van der Waals surface area contributed by atoms with Crippen LogP contribution in [0.2, 0.25) is 5.02 Å². The number of hydrogen-bond acceptors (Lipinski definition) is 1. The lowest BCUT2D eigenvalue weighted by Crippen LogP contribution is -2.42. The van der Waals surface area contributed by atoms with Crippen molar-refractivity contribution in [2.75, 3.05) is 6.54 Å². The average Bonchev–Trinajstić information content (AvgIpc) is 2.77. The van der Waals surface area contributed by atoms with Gasteiger partial charge in [-0.1, -0.05) is 31.5 Å². The third-order valence-electron chi connectivity index (χ3n) is 4.45. The predicted octanol–water partition coefficient (Wildman–Crippen LogP) is 5.30.